The molecule has 0 fully saturated rings. The molecule has 0 aliphatic carbocycles. The average Bonchev–Trinajstić information content (AvgIpc) is 2.15. The van der Waals surface area contributed by atoms with Crippen LogP contribution in [0.2, 0.25) is 0 Å². The molecule has 0 aliphatic rings. The molecule has 1 atom stereocenters. The van der Waals surface area contributed by atoms with Gasteiger partial charge in [0.2, 0.25) is 0 Å². The Kier molecular flexibility index (Phi) is 3.83. The number of hydrogen-bond acceptors (Lipinski definition) is 3. The zero-order chi connectivity index (χ0) is 9.68. The van der Waals surface area contributed by atoms with Crippen LogP contribution < -0.4 is 10.1 Å². The number of ether oxygens (including phenoxy) is 1. The molecule has 1 aromatic heterocycles. The van der Waals surface area contributed by atoms with Crippen LogP contribution in [-0.4, -0.2) is 24.0 Å². The Bertz CT molecular complexity index is 266. The summed E-state index contributed by atoms with van der Waals surface area (Å²) in [6, 6.07) is 3.68. The molecule has 1 N–H and O–H groups in total. The molecule has 13 heavy (non-hydrogen) atoms. The Hall–Kier alpha value is -0.960. The predicted octanol–water partition coefficient (Wildman–Crippen LogP) is 2.13. The smallest absolute Gasteiger partial charge is 0.168 e. The van der Waals surface area contributed by atoms with Gasteiger partial charge in [0.1, 0.15) is 0 Å². The lowest BCUT2D eigenvalue weighted by molar-refractivity contribution is 0.415. The first-order chi connectivity index (χ1) is 6.24. The number of halogens is 1. The van der Waals surface area contributed by atoms with Crippen LogP contribution in [0.4, 0.5) is 5.82 Å². The van der Waals surface area contributed by atoms with E-state index >= 15 is 0 Å². The molecule has 0 amide bonds. The third-order valence-corrected chi connectivity index (χ3v) is 1.70. The van der Waals surface area contributed by atoms with Crippen LogP contribution in [0, 0.1) is 0 Å². The van der Waals surface area contributed by atoms with Crippen molar-refractivity contribution >= 4 is 17.4 Å². The first kappa shape index (κ1) is 10.1. The summed E-state index contributed by atoms with van der Waals surface area (Å²) in [6.07, 6.45) is 1.71. The van der Waals surface area contributed by atoms with Crippen LogP contribution in [0.15, 0.2) is 18.3 Å². The van der Waals surface area contributed by atoms with Gasteiger partial charge in [-0.3, -0.25) is 0 Å². The van der Waals surface area contributed by atoms with Crippen molar-refractivity contribution in [2.45, 2.75) is 12.3 Å². The molecular formula is C9H13ClN2O. The summed E-state index contributed by atoms with van der Waals surface area (Å²) in [5, 5.41) is 3.17. The number of alkyl halides is 1. The average molecular weight is 201 g/mol. The fourth-order valence-corrected chi connectivity index (χ4v) is 1.00. The summed E-state index contributed by atoms with van der Waals surface area (Å²) in [5.74, 6) is 1.47. The third kappa shape index (κ3) is 3.11. The highest BCUT2D eigenvalue weighted by Gasteiger charge is 2.03. The van der Waals surface area contributed by atoms with Crippen molar-refractivity contribution in [3.05, 3.63) is 18.3 Å². The fraction of sp³-hybridized carbons (Fsp3) is 0.444. The Morgan fingerprint density at radius 2 is 2.46 bits per heavy atom. The van der Waals surface area contributed by atoms with Gasteiger partial charge in [-0.2, -0.15) is 0 Å². The topological polar surface area (TPSA) is 34.1 Å². The summed E-state index contributed by atoms with van der Waals surface area (Å²) in [4.78, 5) is 4.13. The zero-order valence-electron chi connectivity index (χ0n) is 7.75. The summed E-state index contributed by atoms with van der Waals surface area (Å²) >= 11 is 5.79. The molecule has 0 aromatic carbocycles. The molecule has 0 bridgehead atoms. The number of pyridine rings is 1. The summed E-state index contributed by atoms with van der Waals surface area (Å²) < 4.78 is 5.11. The Balaban J connectivity index is 2.64. The van der Waals surface area contributed by atoms with Crippen LogP contribution >= 0.6 is 11.6 Å². The van der Waals surface area contributed by atoms with Crippen LogP contribution in [0.5, 0.6) is 5.75 Å². The van der Waals surface area contributed by atoms with Gasteiger partial charge in [-0.15, -0.1) is 11.6 Å². The van der Waals surface area contributed by atoms with Gasteiger partial charge in [0.05, 0.1) is 7.11 Å². The number of nitrogens with one attached hydrogen (secondary N) is 1. The normalized spacial score (nSPS) is 12.2. The second kappa shape index (κ2) is 4.92. The maximum absolute atomic E-state index is 5.79. The van der Waals surface area contributed by atoms with Gasteiger partial charge in [0.25, 0.3) is 0 Å². The Morgan fingerprint density at radius 3 is 3.08 bits per heavy atom. The minimum atomic E-state index is 0.0757. The highest BCUT2D eigenvalue weighted by molar-refractivity contribution is 6.20. The largest absolute Gasteiger partial charge is 0.493 e. The van der Waals surface area contributed by atoms with Crippen LogP contribution in [0.25, 0.3) is 0 Å². The van der Waals surface area contributed by atoms with E-state index in [2.05, 4.69) is 10.3 Å². The van der Waals surface area contributed by atoms with Crippen molar-refractivity contribution in [3.8, 4) is 5.75 Å². The molecule has 0 radical (unpaired) electrons. The molecule has 1 unspecified atom stereocenters. The van der Waals surface area contributed by atoms with E-state index in [4.69, 9.17) is 16.3 Å². The molecule has 72 valence electrons. The van der Waals surface area contributed by atoms with Crippen molar-refractivity contribution in [2.24, 2.45) is 0 Å². The SMILES string of the molecule is COc1cccnc1NCC(C)Cl. The van der Waals surface area contributed by atoms with Gasteiger partial charge in [0, 0.05) is 18.1 Å². The van der Waals surface area contributed by atoms with E-state index < -0.39 is 0 Å². The monoisotopic (exact) mass is 200 g/mol. The first-order valence-electron chi connectivity index (χ1n) is 4.11. The molecule has 1 aromatic rings. The lowest BCUT2D eigenvalue weighted by atomic mass is 10.4. The number of methoxy groups -OCH3 is 1. The molecule has 0 saturated heterocycles. The lowest BCUT2D eigenvalue weighted by Gasteiger charge is -2.09. The highest BCUT2D eigenvalue weighted by Crippen LogP contribution is 2.19. The fourth-order valence-electron chi connectivity index (χ4n) is 0.925. The molecule has 0 saturated carbocycles. The predicted molar refractivity (Wildman–Crippen MR) is 54.6 cm³/mol. The van der Waals surface area contributed by atoms with Crippen LogP contribution in [-0.2, 0) is 0 Å². The molecule has 3 nitrogen and oxygen atoms in total. The van der Waals surface area contributed by atoms with Crippen molar-refractivity contribution in [1.29, 1.82) is 0 Å². The van der Waals surface area contributed by atoms with E-state index in [1.54, 1.807) is 13.3 Å². The van der Waals surface area contributed by atoms with E-state index in [1.807, 2.05) is 19.1 Å². The third-order valence-electron chi connectivity index (χ3n) is 1.54. The zero-order valence-corrected chi connectivity index (χ0v) is 8.51. The van der Waals surface area contributed by atoms with Crippen molar-refractivity contribution < 1.29 is 4.74 Å². The van der Waals surface area contributed by atoms with E-state index in [-0.39, 0.29) is 5.38 Å². The number of hydrogen-bond donors (Lipinski definition) is 1. The van der Waals surface area contributed by atoms with E-state index in [0.717, 1.165) is 11.6 Å². The molecule has 0 spiro atoms. The lowest BCUT2D eigenvalue weighted by Crippen LogP contribution is -2.12. The second-order valence-electron chi connectivity index (χ2n) is 2.72. The van der Waals surface area contributed by atoms with Gasteiger partial charge >= 0.3 is 0 Å². The number of nitrogens with zero attached hydrogens (tertiary/aromatic N) is 1. The van der Waals surface area contributed by atoms with Gasteiger partial charge in [0.15, 0.2) is 11.6 Å². The van der Waals surface area contributed by atoms with Crippen molar-refractivity contribution in [2.75, 3.05) is 19.0 Å². The maximum atomic E-state index is 5.79. The van der Waals surface area contributed by atoms with E-state index in [1.165, 1.54) is 0 Å². The quantitative estimate of drug-likeness (QED) is 0.757. The van der Waals surface area contributed by atoms with Gasteiger partial charge in [-0.05, 0) is 19.1 Å². The number of anilines is 1. The maximum Gasteiger partial charge on any atom is 0.168 e. The Morgan fingerprint density at radius 1 is 1.69 bits per heavy atom. The van der Waals surface area contributed by atoms with Crippen molar-refractivity contribution in [1.82, 2.24) is 4.98 Å². The molecule has 1 heterocycles. The highest BCUT2D eigenvalue weighted by atomic mass is 35.5. The molecule has 4 heteroatoms. The van der Waals surface area contributed by atoms with E-state index in [0.29, 0.717) is 6.54 Å². The molecular weight excluding hydrogens is 188 g/mol. The second-order valence-corrected chi connectivity index (χ2v) is 3.46. The minimum absolute atomic E-state index is 0.0757. The first-order valence-corrected chi connectivity index (χ1v) is 4.54. The summed E-state index contributed by atoms with van der Waals surface area (Å²) in [5.41, 5.74) is 0. The summed E-state index contributed by atoms with van der Waals surface area (Å²) in [7, 11) is 1.62. The van der Waals surface area contributed by atoms with Gasteiger partial charge in [-0.1, -0.05) is 0 Å². The molecule has 1 rings (SSSR count). The van der Waals surface area contributed by atoms with Gasteiger partial charge in [-0.25, -0.2) is 4.98 Å². The van der Waals surface area contributed by atoms with Crippen LogP contribution in [0.3, 0.4) is 0 Å². The standard InChI is InChI=1S/C9H13ClN2O/c1-7(10)6-12-9-8(13-2)4-3-5-11-9/h3-5,7H,6H2,1-2H3,(H,11,12). The summed E-state index contributed by atoms with van der Waals surface area (Å²) in [6.45, 7) is 2.60. The van der Waals surface area contributed by atoms with Crippen LogP contribution in [0.1, 0.15) is 6.92 Å². The molecule has 0 aliphatic heterocycles. The Labute approximate surface area is 83.1 Å². The number of rotatable bonds is 4. The van der Waals surface area contributed by atoms with Gasteiger partial charge < -0.3 is 10.1 Å². The van der Waals surface area contributed by atoms with E-state index in [9.17, 15) is 0 Å². The van der Waals surface area contributed by atoms with Crippen molar-refractivity contribution in [3.63, 3.8) is 0 Å². The minimum Gasteiger partial charge on any atom is -0.493 e. The number of aromatic nitrogens is 1.